The van der Waals surface area contributed by atoms with Crippen LogP contribution in [0, 0.1) is 22.6 Å². The zero-order valence-corrected chi connectivity index (χ0v) is 18.4. The molecule has 1 unspecified atom stereocenters. The number of likely N-dealkylation sites (tertiary alicyclic amines) is 1. The molecule has 0 saturated carbocycles. The number of hydrogen-bond acceptors (Lipinski definition) is 4. The highest BCUT2D eigenvalue weighted by molar-refractivity contribution is 6.31. The van der Waals surface area contributed by atoms with E-state index in [-0.39, 0.29) is 23.2 Å². The molecule has 1 heterocycles. The van der Waals surface area contributed by atoms with Gasteiger partial charge in [-0.3, -0.25) is 4.79 Å². The lowest BCUT2D eigenvalue weighted by Gasteiger charge is -2.38. The van der Waals surface area contributed by atoms with Crippen molar-refractivity contribution >= 4 is 29.2 Å². The maximum Gasteiger partial charge on any atom is 0.316 e. The number of urea groups is 1. The van der Waals surface area contributed by atoms with Crippen LogP contribution in [0.25, 0.3) is 0 Å². The largest absolute Gasteiger partial charge is 0.479 e. The highest BCUT2D eigenvalue weighted by Gasteiger charge is 2.37. The van der Waals surface area contributed by atoms with Gasteiger partial charge in [-0.2, -0.15) is 5.26 Å². The van der Waals surface area contributed by atoms with E-state index in [0.29, 0.717) is 37.4 Å². The first-order chi connectivity index (χ1) is 15.2. The number of nitrogens with two attached hydrogens (primary N) is 1. The van der Waals surface area contributed by atoms with Gasteiger partial charge in [-0.1, -0.05) is 23.7 Å². The Kier molecular flexibility index (Phi) is 7.21. The summed E-state index contributed by atoms with van der Waals surface area (Å²) in [5.41, 5.74) is 5.74. The van der Waals surface area contributed by atoms with Crippen LogP contribution in [0.3, 0.4) is 0 Å². The molecular weight excluding hydrogens is 435 g/mol. The molecule has 9 heteroatoms. The number of carbonyl (C=O) groups excluding carboxylic acids is 2. The molecule has 7 nitrogen and oxygen atoms in total. The highest BCUT2D eigenvalue weighted by Crippen LogP contribution is 2.35. The van der Waals surface area contributed by atoms with Crippen molar-refractivity contribution in [2.45, 2.75) is 32.3 Å². The molecule has 3 amide bonds. The van der Waals surface area contributed by atoms with Crippen LogP contribution in [0.1, 0.15) is 25.3 Å². The topological polar surface area (TPSA) is 108 Å². The second kappa shape index (κ2) is 9.88. The smallest absolute Gasteiger partial charge is 0.316 e. The number of halogens is 2. The van der Waals surface area contributed by atoms with Crippen molar-refractivity contribution in [3.63, 3.8) is 0 Å². The van der Waals surface area contributed by atoms with E-state index in [0.717, 1.165) is 5.56 Å². The Morgan fingerprint density at radius 1 is 1.28 bits per heavy atom. The molecule has 0 aromatic heterocycles. The number of nitrogens with zero attached hydrogens (tertiary/aromatic N) is 2. The molecule has 2 aromatic rings. The lowest BCUT2D eigenvalue weighted by atomic mass is 9.75. The van der Waals surface area contributed by atoms with Gasteiger partial charge in [0.2, 0.25) is 0 Å². The Hall–Kier alpha value is -3.31. The minimum Gasteiger partial charge on any atom is -0.479 e. The third-order valence-corrected chi connectivity index (χ3v) is 5.81. The van der Waals surface area contributed by atoms with Crippen molar-refractivity contribution in [1.82, 2.24) is 4.90 Å². The first-order valence-corrected chi connectivity index (χ1v) is 10.6. The minimum atomic E-state index is -0.823. The van der Waals surface area contributed by atoms with Crippen molar-refractivity contribution in [1.29, 1.82) is 5.26 Å². The Morgan fingerprint density at radius 2 is 1.94 bits per heavy atom. The van der Waals surface area contributed by atoms with E-state index in [4.69, 9.17) is 22.1 Å². The molecule has 1 aliphatic rings. The molecular formula is C23H24ClFN4O3. The molecule has 0 spiro atoms. The van der Waals surface area contributed by atoms with E-state index in [1.54, 1.807) is 36.1 Å². The van der Waals surface area contributed by atoms with Crippen LogP contribution in [0.5, 0.6) is 5.75 Å². The van der Waals surface area contributed by atoms with Gasteiger partial charge in [0.25, 0.3) is 5.91 Å². The Balaban J connectivity index is 1.63. The van der Waals surface area contributed by atoms with E-state index in [9.17, 15) is 19.2 Å². The number of benzene rings is 2. The zero-order valence-electron chi connectivity index (χ0n) is 17.6. The van der Waals surface area contributed by atoms with Gasteiger partial charge in [-0.05, 0) is 62.1 Å². The lowest BCUT2D eigenvalue weighted by Crippen LogP contribution is -2.47. The van der Waals surface area contributed by atoms with Crippen molar-refractivity contribution in [3.05, 3.63) is 58.9 Å². The molecule has 0 aliphatic carbocycles. The van der Waals surface area contributed by atoms with E-state index in [2.05, 4.69) is 11.4 Å². The molecule has 32 heavy (non-hydrogen) atoms. The van der Waals surface area contributed by atoms with Gasteiger partial charge in [-0.15, -0.1) is 0 Å². The molecule has 0 bridgehead atoms. The average Bonchev–Trinajstić information content (AvgIpc) is 2.77. The number of amides is 3. The van der Waals surface area contributed by atoms with Crippen molar-refractivity contribution in [2.75, 3.05) is 18.4 Å². The third-order valence-electron chi connectivity index (χ3n) is 5.58. The molecule has 168 valence electrons. The average molecular weight is 459 g/mol. The summed E-state index contributed by atoms with van der Waals surface area (Å²) in [7, 11) is 0. The third kappa shape index (κ3) is 5.68. The normalized spacial score (nSPS) is 16.0. The number of nitriles is 1. The number of ether oxygens (including phenoxy) is 1. The SMILES string of the molecule is CC(Oc1ccc(Cl)cc1NC(N)=O)C(=O)N1CCC(C#N)(Cc2ccc(F)cc2)CC1. The number of primary amides is 1. The van der Waals surface area contributed by atoms with Crippen LogP contribution in [0.2, 0.25) is 5.02 Å². The molecule has 3 rings (SSSR count). The first kappa shape index (κ1) is 23.4. The van der Waals surface area contributed by atoms with Crippen LogP contribution in [0.15, 0.2) is 42.5 Å². The van der Waals surface area contributed by atoms with Crippen molar-refractivity contribution in [3.8, 4) is 11.8 Å². The summed E-state index contributed by atoms with van der Waals surface area (Å²) in [5, 5.41) is 12.6. The molecule has 3 N–H and O–H groups in total. The monoisotopic (exact) mass is 458 g/mol. The summed E-state index contributed by atoms with van der Waals surface area (Å²) < 4.78 is 18.9. The van der Waals surface area contributed by atoms with Gasteiger partial charge in [0.05, 0.1) is 17.2 Å². The number of carbonyl (C=O) groups is 2. The van der Waals surface area contributed by atoms with Gasteiger partial charge >= 0.3 is 6.03 Å². The van der Waals surface area contributed by atoms with E-state index in [1.807, 2.05) is 0 Å². The zero-order chi connectivity index (χ0) is 23.3. The van der Waals surface area contributed by atoms with E-state index < -0.39 is 17.6 Å². The number of piperidine rings is 1. The number of rotatable bonds is 6. The summed E-state index contributed by atoms with van der Waals surface area (Å²) in [4.78, 5) is 25.8. The molecule has 1 aliphatic heterocycles. The summed E-state index contributed by atoms with van der Waals surface area (Å²) >= 11 is 5.96. The maximum atomic E-state index is 13.2. The Bertz CT molecular complexity index is 1030. The second-order valence-electron chi connectivity index (χ2n) is 7.91. The quantitative estimate of drug-likeness (QED) is 0.678. The van der Waals surface area contributed by atoms with Crippen LogP contribution < -0.4 is 15.8 Å². The van der Waals surface area contributed by atoms with Gasteiger partial charge in [0.1, 0.15) is 11.6 Å². The Labute approximate surface area is 190 Å². The first-order valence-electron chi connectivity index (χ1n) is 10.2. The van der Waals surface area contributed by atoms with Gasteiger partial charge < -0.3 is 20.7 Å². The summed E-state index contributed by atoms with van der Waals surface area (Å²) in [6.45, 7) is 2.44. The molecule has 1 saturated heterocycles. The van der Waals surface area contributed by atoms with E-state index >= 15 is 0 Å². The Morgan fingerprint density at radius 3 is 2.53 bits per heavy atom. The predicted octanol–water partition coefficient (Wildman–Crippen LogP) is 4.11. The summed E-state index contributed by atoms with van der Waals surface area (Å²) in [6.07, 6.45) is 0.699. The fourth-order valence-corrected chi connectivity index (χ4v) is 3.98. The standard InChI is InChI=1S/C23H24ClFN4O3/c1-15(32-20-7-4-17(24)12-19(20)28-22(27)31)21(30)29-10-8-23(14-26,9-11-29)13-16-2-5-18(25)6-3-16/h2-7,12,15H,8-11,13H2,1H3,(H3,27,28,31). The fourth-order valence-electron chi connectivity index (χ4n) is 3.81. The van der Waals surface area contributed by atoms with Gasteiger partial charge in [0.15, 0.2) is 6.10 Å². The van der Waals surface area contributed by atoms with Crippen LogP contribution >= 0.6 is 11.6 Å². The molecule has 1 atom stereocenters. The van der Waals surface area contributed by atoms with Gasteiger partial charge in [-0.25, -0.2) is 9.18 Å². The number of nitrogens with one attached hydrogen (secondary N) is 1. The minimum absolute atomic E-state index is 0.224. The molecule has 0 radical (unpaired) electrons. The summed E-state index contributed by atoms with van der Waals surface area (Å²) in [5.74, 6) is -0.268. The number of hydrogen-bond donors (Lipinski definition) is 2. The lowest BCUT2D eigenvalue weighted by molar-refractivity contribution is -0.139. The van der Waals surface area contributed by atoms with Crippen LogP contribution in [-0.2, 0) is 11.2 Å². The maximum absolute atomic E-state index is 13.2. The van der Waals surface area contributed by atoms with Crippen LogP contribution in [0.4, 0.5) is 14.9 Å². The second-order valence-corrected chi connectivity index (χ2v) is 8.35. The van der Waals surface area contributed by atoms with Crippen LogP contribution in [-0.4, -0.2) is 36.0 Å². The molecule has 2 aromatic carbocycles. The van der Waals surface area contributed by atoms with E-state index in [1.165, 1.54) is 18.2 Å². The van der Waals surface area contributed by atoms with Crippen molar-refractivity contribution < 1.29 is 18.7 Å². The summed E-state index contributed by atoms with van der Waals surface area (Å²) in [6, 6.07) is 12.4. The highest BCUT2D eigenvalue weighted by atomic mass is 35.5. The molecule has 1 fully saturated rings. The number of anilines is 1. The fraction of sp³-hybridized carbons (Fsp3) is 0.348. The predicted molar refractivity (Wildman–Crippen MR) is 119 cm³/mol. The van der Waals surface area contributed by atoms with Crippen molar-refractivity contribution in [2.24, 2.45) is 11.1 Å². The van der Waals surface area contributed by atoms with Gasteiger partial charge in [0, 0.05) is 18.1 Å².